The van der Waals surface area contributed by atoms with Gasteiger partial charge in [-0.05, 0) is 23.2 Å². The van der Waals surface area contributed by atoms with Crippen LogP contribution in [0.5, 0.6) is 5.75 Å². The second kappa shape index (κ2) is 5.11. The molecule has 4 nitrogen and oxygen atoms in total. The van der Waals surface area contributed by atoms with E-state index in [4.69, 9.17) is 5.53 Å². The normalized spacial score (nSPS) is 9.87. The van der Waals surface area contributed by atoms with Gasteiger partial charge in [-0.25, -0.2) is 4.39 Å². The van der Waals surface area contributed by atoms with E-state index >= 15 is 0 Å². The van der Waals surface area contributed by atoms with Gasteiger partial charge in [0.15, 0.2) is 0 Å². The number of halogens is 3. The van der Waals surface area contributed by atoms with Crippen molar-refractivity contribution in [3.8, 4) is 5.75 Å². The molecule has 1 aromatic rings. The van der Waals surface area contributed by atoms with Gasteiger partial charge in [0.25, 0.3) is 0 Å². The number of ether oxygens (including phenoxy) is 1. The van der Waals surface area contributed by atoms with Crippen LogP contribution >= 0.6 is 0 Å². The Morgan fingerprint density at radius 1 is 1.40 bits per heavy atom. The van der Waals surface area contributed by atoms with Crippen LogP contribution < -0.4 is 4.74 Å². The Morgan fingerprint density at radius 3 is 2.73 bits per heavy atom. The predicted octanol–water partition coefficient (Wildman–Crippen LogP) is 3.24. The van der Waals surface area contributed by atoms with Gasteiger partial charge >= 0.3 is 6.61 Å². The summed E-state index contributed by atoms with van der Waals surface area (Å²) in [7, 11) is 0. The molecule has 0 aliphatic rings. The largest absolute Gasteiger partial charge is 0.435 e. The molecule has 0 unspecified atom stereocenters. The Bertz CT molecular complexity index is 391. The number of alkyl halides is 2. The summed E-state index contributed by atoms with van der Waals surface area (Å²) in [6.07, 6.45) is 0. The highest BCUT2D eigenvalue weighted by molar-refractivity contribution is 5.29. The van der Waals surface area contributed by atoms with Gasteiger partial charge in [-0.15, -0.1) is 0 Å². The van der Waals surface area contributed by atoms with Crippen LogP contribution in [0.1, 0.15) is 5.56 Å². The fourth-order valence-electron chi connectivity index (χ4n) is 0.996. The summed E-state index contributed by atoms with van der Waals surface area (Å²) in [5.41, 5.74) is 8.29. The molecular formula is C8H6F3N3O. The first-order chi connectivity index (χ1) is 7.11. The molecule has 0 fully saturated rings. The lowest BCUT2D eigenvalue weighted by Crippen LogP contribution is -2.02. The van der Waals surface area contributed by atoms with Crippen molar-refractivity contribution in [1.29, 1.82) is 0 Å². The second-order valence-electron chi connectivity index (χ2n) is 2.56. The van der Waals surface area contributed by atoms with Crippen molar-refractivity contribution >= 4 is 0 Å². The van der Waals surface area contributed by atoms with Crippen molar-refractivity contribution in [1.82, 2.24) is 0 Å². The van der Waals surface area contributed by atoms with Gasteiger partial charge < -0.3 is 4.74 Å². The zero-order valence-corrected chi connectivity index (χ0v) is 7.40. The minimum Gasteiger partial charge on any atom is -0.435 e. The average molecular weight is 217 g/mol. The van der Waals surface area contributed by atoms with Gasteiger partial charge in [-0.3, -0.25) is 0 Å². The fraction of sp³-hybridized carbons (Fsp3) is 0.250. The number of azide groups is 1. The van der Waals surface area contributed by atoms with Crippen LogP contribution in [0, 0.1) is 5.82 Å². The molecule has 1 aromatic carbocycles. The van der Waals surface area contributed by atoms with Crippen molar-refractivity contribution in [3.05, 3.63) is 40.0 Å². The van der Waals surface area contributed by atoms with Crippen molar-refractivity contribution < 1.29 is 17.9 Å². The average Bonchev–Trinajstić information content (AvgIpc) is 2.12. The molecule has 80 valence electrons. The van der Waals surface area contributed by atoms with Crippen LogP contribution in [-0.2, 0) is 6.54 Å². The highest BCUT2D eigenvalue weighted by atomic mass is 19.3. The number of rotatable bonds is 4. The minimum absolute atomic E-state index is 0.117. The molecule has 15 heavy (non-hydrogen) atoms. The molecule has 0 atom stereocenters. The van der Waals surface area contributed by atoms with Gasteiger partial charge in [0, 0.05) is 11.0 Å². The van der Waals surface area contributed by atoms with E-state index in [1.807, 2.05) is 0 Å². The van der Waals surface area contributed by atoms with E-state index < -0.39 is 12.4 Å². The Balaban J connectivity index is 2.88. The molecule has 1 rings (SSSR count). The highest BCUT2D eigenvalue weighted by Gasteiger charge is 2.06. The smallest absolute Gasteiger partial charge is 0.387 e. The summed E-state index contributed by atoms with van der Waals surface area (Å²) in [6.45, 7) is -3.13. The lowest BCUT2D eigenvalue weighted by Gasteiger charge is -2.05. The van der Waals surface area contributed by atoms with Crippen LogP contribution in [0.25, 0.3) is 10.4 Å². The molecule has 0 spiro atoms. The van der Waals surface area contributed by atoms with Gasteiger partial charge in [0.05, 0.1) is 6.54 Å². The minimum atomic E-state index is -3.01. The lowest BCUT2D eigenvalue weighted by atomic mass is 10.2. The summed E-state index contributed by atoms with van der Waals surface area (Å²) in [6, 6.07) is 3.09. The first kappa shape index (κ1) is 11.2. The molecule has 0 amide bonds. The zero-order chi connectivity index (χ0) is 11.3. The van der Waals surface area contributed by atoms with Gasteiger partial charge in [0.2, 0.25) is 0 Å². The lowest BCUT2D eigenvalue weighted by molar-refractivity contribution is -0.0500. The highest BCUT2D eigenvalue weighted by Crippen LogP contribution is 2.19. The quantitative estimate of drug-likeness (QED) is 0.433. The monoisotopic (exact) mass is 217 g/mol. The summed E-state index contributed by atoms with van der Waals surface area (Å²) < 4.78 is 40.5. The van der Waals surface area contributed by atoms with Crippen molar-refractivity contribution in [2.45, 2.75) is 13.2 Å². The van der Waals surface area contributed by atoms with Crippen molar-refractivity contribution in [2.75, 3.05) is 0 Å². The topological polar surface area (TPSA) is 58.0 Å². The van der Waals surface area contributed by atoms with Crippen molar-refractivity contribution in [3.63, 3.8) is 0 Å². The SMILES string of the molecule is [N-]=[N+]=NCc1cc(F)cc(OC(F)F)c1. The molecule has 0 aliphatic heterocycles. The van der Waals surface area contributed by atoms with Crippen LogP contribution in [0.2, 0.25) is 0 Å². The van der Waals surface area contributed by atoms with Crippen LogP contribution in [0.4, 0.5) is 13.2 Å². The van der Waals surface area contributed by atoms with E-state index in [0.29, 0.717) is 0 Å². The summed E-state index contributed by atoms with van der Waals surface area (Å²) in [5, 5.41) is 3.17. The van der Waals surface area contributed by atoms with E-state index in [-0.39, 0.29) is 17.9 Å². The van der Waals surface area contributed by atoms with Gasteiger partial charge in [0.1, 0.15) is 11.6 Å². The fourth-order valence-corrected chi connectivity index (χ4v) is 0.996. The van der Waals surface area contributed by atoms with E-state index in [2.05, 4.69) is 14.8 Å². The Morgan fingerprint density at radius 2 is 2.13 bits per heavy atom. The van der Waals surface area contributed by atoms with Crippen LogP contribution in [0.15, 0.2) is 23.3 Å². The standard InChI is InChI=1S/C8H6F3N3O/c9-6-1-5(4-13-14-12)2-7(3-6)15-8(10)11/h1-3,8H,4H2. The molecule has 0 radical (unpaired) electrons. The van der Waals surface area contributed by atoms with Crippen LogP contribution in [-0.4, -0.2) is 6.61 Å². The molecule has 0 aliphatic carbocycles. The van der Waals surface area contributed by atoms with E-state index in [0.717, 1.165) is 12.1 Å². The maximum atomic E-state index is 12.8. The third-order valence-corrected chi connectivity index (χ3v) is 1.47. The number of benzene rings is 1. The molecule has 0 aromatic heterocycles. The third kappa shape index (κ3) is 3.78. The molecule has 0 bridgehead atoms. The summed E-state index contributed by atoms with van der Waals surface area (Å²) in [4.78, 5) is 2.46. The summed E-state index contributed by atoms with van der Waals surface area (Å²) in [5.74, 6) is -1.02. The Kier molecular flexibility index (Phi) is 3.82. The molecule has 0 heterocycles. The van der Waals surface area contributed by atoms with E-state index in [1.165, 1.54) is 6.07 Å². The van der Waals surface area contributed by atoms with Crippen molar-refractivity contribution in [2.24, 2.45) is 5.11 Å². The molecule has 7 heteroatoms. The molecule has 0 N–H and O–H groups in total. The van der Waals surface area contributed by atoms with E-state index in [1.54, 1.807) is 0 Å². The summed E-state index contributed by atoms with van der Waals surface area (Å²) >= 11 is 0. The maximum absolute atomic E-state index is 12.8. The Labute approximate surface area is 82.9 Å². The molecular weight excluding hydrogens is 211 g/mol. The van der Waals surface area contributed by atoms with Gasteiger partial charge in [-0.2, -0.15) is 8.78 Å². The first-order valence-electron chi connectivity index (χ1n) is 3.87. The molecule has 0 saturated carbocycles. The number of nitrogens with zero attached hydrogens (tertiary/aromatic N) is 3. The molecule has 0 saturated heterocycles. The predicted molar refractivity (Wildman–Crippen MR) is 45.9 cm³/mol. The van der Waals surface area contributed by atoms with Gasteiger partial charge in [-0.1, -0.05) is 5.11 Å². The number of hydrogen-bond acceptors (Lipinski definition) is 2. The first-order valence-corrected chi connectivity index (χ1v) is 3.87. The second-order valence-corrected chi connectivity index (χ2v) is 2.56. The Hall–Kier alpha value is -1.88. The van der Waals surface area contributed by atoms with Crippen LogP contribution in [0.3, 0.4) is 0 Å². The third-order valence-electron chi connectivity index (χ3n) is 1.47. The zero-order valence-electron chi connectivity index (χ0n) is 7.40. The maximum Gasteiger partial charge on any atom is 0.387 e. The number of hydrogen-bond donors (Lipinski definition) is 0. The van der Waals surface area contributed by atoms with E-state index in [9.17, 15) is 13.2 Å².